The first kappa shape index (κ1) is 14.7. The zero-order valence-electron chi connectivity index (χ0n) is 12.1. The Morgan fingerprint density at radius 3 is 2.75 bits per heavy atom. The summed E-state index contributed by atoms with van der Waals surface area (Å²) in [6, 6.07) is 0. The number of hydrogen-bond donors (Lipinski definition) is 1. The van der Waals surface area contributed by atoms with Gasteiger partial charge in [-0.05, 0) is 19.4 Å². The molecule has 0 unspecified atom stereocenters. The highest BCUT2D eigenvalue weighted by atomic mass is 32.1. The van der Waals surface area contributed by atoms with Gasteiger partial charge in [-0.25, -0.2) is 0 Å². The van der Waals surface area contributed by atoms with E-state index in [1.54, 1.807) is 19.1 Å². The minimum absolute atomic E-state index is 0.111. The van der Waals surface area contributed by atoms with Crippen molar-refractivity contribution in [3.8, 4) is 0 Å². The Morgan fingerprint density at radius 1 is 1.40 bits per heavy atom. The topological polar surface area (TPSA) is 81.3 Å². The fourth-order valence-electron chi connectivity index (χ4n) is 1.90. The molecule has 0 aliphatic carbocycles. The molecule has 2 N–H and O–H groups in total. The molecule has 0 fully saturated rings. The highest BCUT2D eigenvalue weighted by molar-refractivity contribution is 7.21. The lowest BCUT2D eigenvalue weighted by Crippen LogP contribution is -2.29. The number of nitrogens with zero attached hydrogens (tertiary/aromatic N) is 3. The normalized spacial score (nSPS) is 11.0. The van der Waals surface area contributed by atoms with Crippen LogP contribution in [0.3, 0.4) is 0 Å². The van der Waals surface area contributed by atoms with Crippen molar-refractivity contribution in [1.82, 2.24) is 15.1 Å². The van der Waals surface area contributed by atoms with Crippen LogP contribution in [0.15, 0.2) is 0 Å². The molecule has 0 aliphatic heterocycles. The first-order chi connectivity index (χ1) is 9.47. The van der Waals surface area contributed by atoms with Crippen LogP contribution in [-0.2, 0) is 4.74 Å². The number of fused-ring (bicyclic) bond motifs is 1. The highest BCUT2D eigenvalue weighted by Crippen LogP contribution is 2.35. The van der Waals surface area contributed by atoms with Crippen LogP contribution in [0.2, 0.25) is 0 Å². The number of anilines is 1. The molecule has 0 saturated heterocycles. The lowest BCUT2D eigenvalue weighted by atomic mass is 10.1. The average molecular weight is 294 g/mol. The van der Waals surface area contributed by atoms with Gasteiger partial charge in [-0.1, -0.05) is 0 Å². The van der Waals surface area contributed by atoms with E-state index in [1.807, 2.05) is 13.8 Å². The number of hydrogen-bond acceptors (Lipinski definition) is 6. The second-order valence-corrected chi connectivity index (χ2v) is 5.65. The van der Waals surface area contributed by atoms with E-state index >= 15 is 0 Å². The molecule has 2 heterocycles. The third kappa shape index (κ3) is 2.46. The minimum atomic E-state index is -0.111. The molecule has 1 amide bonds. The summed E-state index contributed by atoms with van der Waals surface area (Å²) >= 11 is 1.29. The molecule has 0 aliphatic rings. The highest BCUT2D eigenvalue weighted by Gasteiger charge is 2.22. The van der Waals surface area contributed by atoms with Crippen LogP contribution in [0.1, 0.15) is 20.9 Å². The second kappa shape index (κ2) is 5.72. The van der Waals surface area contributed by atoms with Crippen LogP contribution >= 0.6 is 11.3 Å². The fraction of sp³-hybridized carbons (Fsp3) is 0.462. The van der Waals surface area contributed by atoms with E-state index < -0.39 is 0 Å². The van der Waals surface area contributed by atoms with Crippen molar-refractivity contribution in [2.45, 2.75) is 13.8 Å². The summed E-state index contributed by atoms with van der Waals surface area (Å²) in [5.41, 5.74) is 8.44. The number of carbonyl (C=O) groups excluding carboxylic acids is 1. The average Bonchev–Trinajstić information content (AvgIpc) is 2.77. The monoisotopic (exact) mass is 294 g/mol. The first-order valence-electron chi connectivity index (χ1n) is 6.23. The molecule has 20 heavy (non-hydrogen) atoms. The van der Waals surface area contributed by atoms with Crippen molar-refractivity contribution in [3.63, 3.8) is 0 Å². The van der Waals surface area contributed by atoms with Crippen molar-refractivity contribution in [2.24, 2.45) is 0 Å². The maximum absolute atomic E-state index is 12.4. The van der Waals surface area contributed by atoms with Crippen LogP contribution in [0.5, 0.6) is 0 Å². The first-order valence-corrected chi connectivity index (χ1v) is 7.05. The van der Waals surface area contributed by atoms with Gasteiger partial charge in [0.25, 0.3) is 5.91 Å². The van der Waals surface area contributed by atoms with E-state index in [0.717, 1.165) is 16.6 Å². The standard InChI is InChI=1S/C13H18N4O2S/c1-7-8(2)15-16-12-9(7)10(14)11(20-12)13(18)17(3)5-6-19-4/h5-6,14H2,1-4H3. The molecule has 108 valence electrons. The predicted molar refractivity (Wildman–Crippen MR) is 80.1 cm³/mol. The SMILES string of the molecule is COCCN(C)C(=O)c1sc2nnc(C)c(C)c2c1N. The summed E-state index contributed by atoms with van der Waals surface area (Å²) in [6.07, 6.45) is 0. The molecule has 2 aromatic heterocycles. The number of amides is 1. The number of aromatic nitrogens is 2. The Kier molecular flexibility index (Phi) is 4.20. The van der Waals surface area contributed by atoms with E-state index in [1.165, 1.54) is 11.3 Å². The molecular weight excluding hydrogens is 276 g/mol. The summed E-state index contributed by atoms with van der Waals surface area (Å²) in [4.78, 5) is 15.2. The number of likely N-dealkylation sites (N-methyl/N-ethyl adjacent to an activating group) is 1. The zero-order chi connectivity index (χ0) is 14.9. The Bertz CT molecular complexity index is 653. The molecule has 6 nitrogen and oxygen atoms in total. The van der Waals surface area contributed by atoms with E-state index in [2.05, 4.69) is 10.2 Å². The Labute approximate surface area is 121 Å². The Balaban J connectivity index is 2.43. The van der Waals surface area contributed by atoms with Crippen LogP contribution in [0.25, 0.3) is 10.2 Å². The van der Waals surface area contributed by atoms with Gasteiger partial charge in [-0.3, -0.25) is 4.79 Å². The zero-order valence-corrected chi connectivity index (χ0v) is 12.9. The second-order valence-electron chi connectivity index (χ2n) is 4.65. The Morgan fingerprint density at radius 2 is 2.10 bits per heavy atom. The lowest BCUT2D eigenvalue weighted by molar-refractivity contribution is 0.0750. The summed E-state index contributed by atoms with van der Waals surface area (Å²) < 4.78 is 4.98. The smallest absolute Gasteiger partial charge is 0.265 e. The quantitative estimate of drug-likeness (QED) is 0.926. The summed E-state index contributed by atoms with van der Waals surface area (Å²) in [7, 11) is 3.34. The lowest BCUT2D eigenvalue weighted by Gasteiger charge is -2.15. The number of methoxy groups -OCH3 is 1. The van der Waals surface area contributed by atoms with Crippen molar-refractivity contribution in [1.29, 1.82) is 0 Å². The van der Waals surface area contributed by atoms with Gasteiger partial charge in [0.1, 0.15) is 9.71 Å². The van der Waals surface area contributed by atoms with Crippen molar-refractivity contribution in [2.75, 3.05) is 33.0 Å². The number of ether oxygens (including phenoxy) is 1. The van der Waals surface area contributed by atoms with Crippen LogP contribution in [0.4, 0.5) is 5.69 Å². The van der Waals surface area contributed by atoms with E-state index in [0.29, 0.717) is 28.5 Å². The number of aryl methyl sites for hydroxylation is 2. The molecule has 0 aromatic carbocycles. The molecule has 0 saturated carbocycles. The number of nitrogens with two attached hydrogens (primary N) is 1. The largest absolute Gasteiger partial charge is 0.397 e. The van der Waals surface area contributed by atoms with Gasteiger partial charge in [-0.15, -0.1) is 16.4 Å². The van der Waals surface area contributed by atoms with Crippen LogP contribution in [0, 0.1) is 13.8 Å². The van der Waals surface area contributed by atoms with Gasteiger partial charge in [0.05, 0.1) is 18.0 Å². The van der Waals surface area contributed by atoms with Gasteiger partial charge < -0.3 is 15.4 Å². The van der Waals surface area contributed by atoms with Gasteiger partial charge in [-0.2, -0.15) is 5.10 Å². The number of nitrogen functional groups attached to an aromatic ring is 1. The molecular formula is C13H18N4O2S. The molecule has 2 aromatic rings. The summed E-state index contributed by atoms with van der Waals surface area (Å²) in [6.45, 7) is 4.83. The third-order valence-corrected chi connectivity index (χ3v) is 4.38. The Hall–Kier alpha value is -1.73. The third-order valence-electron chi connectivity index (χ3n) is 3.31. The van der Waals surface area contributed by atoms with Crippen molar-refractivity contribution in [3.05, 3.63) is 16.1 Å². The fourth-order valence-corrected chi connectivity index (χ4v) is 3.00. The summed E-state index contributed by atoms with van der Waals surface area (Å²) in [5.74, 6) is -0.111. The number of rotatable bonds is 4. The van der Waals surface area contributed by atoms with E-state index in [-0.39, 0.29) is 5.91 Å². The minimum Gasteiger partial charge on any atom is -0.397 e. The van der Waals surface area contributed by atoms with Gasteiger partial charge >= 0.3 is 0 Å². The van der Waals surface area contributed by atoms with Crippen LogP contribution < -0.4 is 5.73 Å². The number of thiophene rings is 1. The van der Waals surface area contributed by atoms with E-state index in [4.69, 9.17) is 10.5 Å². The predicted octanol–water partition coefficient (Wildman–Crippen LogP) is 1.61. The maximum Gasteiger partial charge on any atom is 0.265 e. The maximum atomic E-state index is 12.4. The van der Waals surface area contributed by atoms with Crippen molar-refractivity contribution < 1.29 is 9.53 Å². The van der Waals surface area contributed by atoms with Gasteiger partial charge in [0.2, 0.25) is 0 Å². The number of carbonyl (C=O) groups is 1. The van der Waals surface area contributed by atoms with Crippen molar-refractivity contribution >= 4 is 33.1 Å². The van der Waals surface area contributed by atoms with Gasteiger partial charge in [0.15, 0.2) is 0 Å². The van der Waals surface area contributed by atoms with Crippen LogP contribution in [-0.4, -0.2) is 48.3 Å². The molecule has 2 rings (SSSR count). The van der Waals surface area contributed by atoms with E-state index in [9.17, 15) is 4.79 Å². The molecule has 0 spiro atoms. The molecule has 7 heteroatoms. The van der Waals surface area contributed by atoms with Gasteiger partial charge in [0, 0.05) is 26.1 Å². The molecule has 0 bridgehead atoms. The summed E-state index contributed by atoms with van der Waals surface area (Å²) in [5, 5.41) is 9.03. The molecule has 0 atom stereocenters. The molecule has 0 radical (unpaired) electrons.